The van der Waals surface area contributed by atoms with E-state index < -0.39 is 6.17 Å². The minimum atomic E-state index is -0.609. The van der Waals surface area contributed by atoms with Crippen molar-refractivity contribution in [2.24, 2.45) is 5.41 Å². The predicted octanol–water partition coefficient (Wildman–Crippen LogP) is 9.43. The lowest BCUT2D eigenvalue weighted by Gasteiger charge is -2.17. The quantitative estimate of drug-likeness (QED) is 0.174. The van der Waals surface area contributed by atoms with Gasteiger partial charge < -0.3 is 4.74 Å². The molecule has 0 aromatic heterocycles. The standard InChI is InChI=1S/C26H53FO/c1-25(27)21-18-16-14-12-10-8-6-5-7-9-11-13-15-17-19-23-28-24-20-22-26(2,3)4/h25H,5-24H2,1-4H3. The molecule has 170 valence electrons. The molecule has 28 heavy (non-hydrogen) atoms. The largest absolute Gasteiger partial charge is 0.381 e. The van der Waals surface area contributed by atoms with Gasteiger partial charge in [-0.2, -0.15) is 0 Å². The lowest BCUT2D eigenvalue weighted by atomic mass is 9.91. The van der Waals surface area contributed by atoms with Gasteiger partial charge in [-0.1, -0.05) is 111 Å². The van der Waals surface area contributed by atoms with Crippen LogP contribution in [0, 0.1) is 5.41 Å². The van der Waals surface area contributed by atoms with Crippen LogP contribution in [-0.2, 0) is 4.74 Å². The first kappa shape index (κ1) is 27.9. The first-order valence-corrected chi connectivity index (χ1v) is 12.6. The SMILES string of the molecule is CC(F)CCCCCCCCCCCCCCCCCOCCCC(C)(C)C. The Hall–Kier alpha value is -0.110. The number of halogens is 1. The number of hydrogen-bond acceptors (Lipinski definition) is 1. The summed E-state index contributed by atoms with van der Waals surface area (Å²) in [6, 6.07) is 0. The molecule has 0 aromatic carbocycles. The van der Waals surface area contributed by atoms with Gasteiger partial charge in [0.15, 0.2) is 0 Å². The van der Waals surface area contributed by atoms with Crippen molar-refractivity contribution >= 4 is 0 Å². The van der Waals surface area contributed by atoms with Crippen molar-refractivity contribution in [3.8, 4) is 0 Å². The lowest BCUT2D eigenvalue weighted by Crippen LogP contribution is -2.07. The zero-order chi connectivity index (χ0) is 20.9. The maximum Gasteiger partial charge on any atom is 0.0973 e. The second-order valence-electron chi connectivity index (χ2n) is 10.1. The number of ether oxygens (including phenoxy) is 1. The van der Waals surface area contributed by atoms with E-state index in [2.05, 4.69) is 20.8 Å². The predicted molar refractivity (Wildman–Crippen MR) is 124 cm³/mol. The Morgan fingerprint density at radius 2 is 0.929 bits per heavy atom. The summed E-state index contributed by atoms with van der Waals surface area (Å²) < 4.78 is 18.4. The zero-order valence-electron chi connectivity index (χ0n) is 20.0. The van der Waals surface area contributed by atoms with Gasteiger partial charge in [-0.05, 0) is 38.0 Å². The van der Waals surface area contributed by atoms with Crippen LogP contribution in [0.1, 0.15) is 143 Å². The van der Waals surface area contributed by atoms with Crippen LogP contribution in [0.5, 0.6) is 0 Å². The third-order valence-corrected chi connectivity index (χ3v) is 5.61. The number of unbranched alkanes of at least 4 members (excludes halogenated alkanes) is 14. The smallest absolute Gasteiger partial charge is 0.0973 e. The second-order valence-corrected chi connectivity index (χ2v) is 10.1. The van der Waals surface area contributed by atoms with Crippen LogP contribution in [0.15, 0.2) is 0 Å². The van der Waals surface area contributed by atoms with Gasteiger partial charge in [0.1, 0.15) is 0 Å². The molecule has 0 spiro atoms. The van der Waals surface area contributed by atoms with Crippen LogP contribution in [0.25, 0.3) is 0 Å². The van der Waals surface area contributed by atoms with Crippen LogP contribution in [0.3, 0.4) is 0 Å². The van der Waals surface area contributed by atoms with E-state index in [1.165, 1.54) is 103 Å². The Kier molecular flexibility index (Phi) is 20.1. The van der Waals surface area contributed by atoms with Crippen molar-refractivity contribution in [2.75, 3.05) is 13.2 Å². The molecule has 0 aromatic rings. The molecular formula is C26H53FO. The lowest BCUT2D eigenvalue weighted by molar-refractivity contribution is 0.118. The Morgan fingerprint density at radius 3 is 1.32 bits per heavy atom. The molecule has 0 aliphatic rings. The molecule has 2 heteroatoms. The molecule has 0 radical (unpaired) electrons. The molecule has 0 aliphatic carbocycles. The Balaban J connectivity index is 3.03. The van der Waals surface area contributed by atoms with Crippen molar-refractivity contribution in [3.63, 3.8) is 0 Å². The third-order valence-electron chi connectivity index (χ3n) is 5.61. The number of rotatable bonds is 21. The van der Waals surface area contributed by atoms with Gasteiger partial charge in [0.2, 0.25) is 0 Å². The van der Waals surface area contributed by atoms with Crippen LogP contribution >= 0.6 is 0 Å². The van der Waals surface area contributed by atoms with Gasteiger partial charge in [-0.15, -0.1) is 0 Å². The van der Waals surface area contributed by atoms with Gasteiger partial charge in [0, 0.05) is 13.2 Å². The van der Waals surface area contributed by atoms with E-state index in [0.29, 0.717) is 5.41 Å². The zero-order valence-corrected chi connectivity index (χ0v) is 20.0. The van der Waals surface area contributed by atoms with Gasteiger partial charge in [-0.25, -0.2) is 4.39 Å². The maximum absolute atomic E-state index is 12.7. The van der Waals surface area contributed by atoms with E-state index in [1.807, 2.05) is 0 Å². The van der Waals surface area contributed by atoms with Crippen molar-refractivity contribution in [2.45, 2.75) is 149 Å². The van der Waals surface area contributed by atoms with Crippen molar-refractivity contribution in [1.82, 2.24) is 0 Å². The van der Waals surface area contributed by atoms with Crippen LogP contribution in [0.4, 0.5) is 4.39 Å². The minimum Gasteiger partial charge on any atom is -0.381 e. The fraction of sp³-hybridized carbons (Fsp3) is 1.00. The van der Waals surface area contributed by atoms with Crippen molar-refractivity contribution in [3.05, 3.63) is 0 Å². The van der Waals surface area contributed by atoms with Crippen LogP contribution < -0.4 is 0 Å². The highest BCUT2D eigenvalue weighted by molar-refractivity contribution is 4.60. The number of hydrogen-bond donors (Lipinski definition) is 0. The molecule has 0 rings (SSSR count). The molecule has 0 saturated heterocycles. The van der Waals surface area contributed by atoms with E-state index in [1.54, 1.807) is 6.92 Å². The average molecular weight is 401 g/mol. The minimum absolute atomic E-state index is 0.444. The highest BCUT2D eigenvalue weighted by atomic mass is 19.1. The molecule has 0 aliphatic heterocycles. The highest BCUT2D eigenvalue weighted by Gasteiger charge is 2.08. The van der Waals surface area contributed by atoms with E-state index in [-0.39, 0.29) is 0 Å². The van der Waals surface area contributed by atoms with Crippen molar-refractivity contribution < 1.29 is 9.13 Å². The summed E-state index contributed by atoms with van der Waals surface area (Å²) in [6.07, 6.45) is 22.8. The Bertz CT molecular complexity index is 295. The molecule has 0 bridgehead atoms. The van der Waals surface area contributed by atoms with Gasteiger partial charge in [0.05, 0.1) is 6.17 Å². The summed E-state index contributed by atoms with van der Waals surface area (Å²) in [6.45, 7) is 10.5. The van der Waals surface area contributed by atoms with Gasteiger partial charge in [-0.3, -0.25) is 0 Å². The van der Waals surface area contributed by atoms with Crippen LogP contribution in [0.2, 0.25) is 0 Å². The Morgan fingerprint density at radius 1 is 0.571 bits per heavy atom. The van der Waals surface area contributed by atoms with E-state index in [4.69, 9.17) is 4.74 Å². The summed E-state index contributed by atoms with van der Waals surface area (Å²) in [5, 5.41) is 0. The monoisotopic (exact) mass is 400 g/mol. The summed E-state index contributed by atoms with van der Waals surface area (Å²) in [7, 11) is 0. The molecular weight excluding hydrogens is 347 g/mol. The molecule has 0 fully saturated rings. The second kappa shape index (κ2) is 20.2. The van der Waals surface area contributed by atoms with Crippen LogP contribution in [-0.4, -0.2) is 19.4 Å². The third kappa shape index (κ3) is 25.9. The summed E-state index contributed by atoms with van der Waals surface area (Å²) in [4.78, 5) is 0. The molecule has 1 unspecified atom stereocenters. The van der Waals surface area contributed by atoms with E-state index in [9.17, 15) is 4.39 Å². The first-order chi connectivity index (χ1) is 13.4. The normalized spacial score (nSPS) is 13.2. The summed E-state index contributed by atoms with van der Waals surface area (Å²) >= 11 is 0. The first-order valence-electron chi connectivity index (χ1n) is 12.6. The molecule has 0 saturated carbocycles. The summed E-state index contributed by atoms with van der Waals surface area (Å²) in [5.74, 6) is 0. The summed E-state index contributed by atoms with van der Waals surface area (Å²) in [5.41, 5.74) is 0.444. The van der Waals surface area contributed by atoms with Crippen molar-refractivity contribution in [1.29, 1.82) is 0 Å². The molecule has 1 atom stereocenters. The molecule has 0 amide bonds. The fourth-order valence-corrected chi connectivity index (χ4v) is 3.73. The maximum atomic E-state index is 12.7. The molecule has 1 nitrogen and oxygen atoms in total. The molecule has 0 heterocycles. The van der Waals surface area contributed by atoms with E-state index >= 15 is 0 Å². The average Bonchev–Trinajstić information content (AvgIpc) is 2.61. The van der Waals surface area contributed by atoms with Gasteiger partial charge >= 0.3 is 0 Å². The Labute approximate surface area is 177 Å². The molecule has 0 N–H and O–H groups in total. The fourth-order valence-electron chi connectivity index (χ4n) is 3.73. The topological polar surface area (TPSA) is 9.23 Å². The number of alkyl halides is 1. The van der Waals surface area contributed by atoms with E-state index in [0.717, 1.165) is 26.1 Å². The van der Waals surface area contributed by atoms with Gasteiger partial charge in [0.25, 0.3) is 0 Å². The highest BCUT2D eigenvalue weighted by Crippen LogP contribution is 2.20.